The van der Waals surface area contributed by atoms with E-state index in [9.17, 15) is 19.1 Å². The number of amides is 3. The standard InChI is InChI=1S/C26H33FN4O5/c1-20(32)31-13-12-29(17-26(34,18-31)19-36-24-8-4-22(27)5-9-24)16-21-2-6-23(7-3-21)35-15-14-30-11-10-28-25(30)33/h2-9,34H,10-19H2,1H3,(H,28,33). The Balaban J connectivity index is 1.33. The van der Waals surface area contributed by atoms with Crippen molar-refractivity contribution < 1.29 is 28.6 Å². The molecule has 0 aromatic heterocycles. The predicted molar refractivity (Wildman–Crippen MR) is 131 cm³/mol. The Kier molecular flexibility index (Phi) is 8.27. The van der Waals surface area contributed by atoms with Crippen molar-refractivity contribution >= 4 is 11.9 Å². The molecule has 2 aliphatic heterocycles. The molecule has 2 aliphatic rings. The second-order valence-electron chi connectivity index (χ2n) is 9.33. The Morgan fingerprint density at radius 3 is 2.39 bits per heavy atom. The average Bonchev–Trinajstić information content (AvgIpc) is 3.18. The van der Waals surface area contributed by atoms with E-state index in [1.807, 2.05) is 24.3 Å². The summed E-state index contributed by atoms with van der Waals surface area (Å²) in [7, 11) is 0. The van der Waals surface area contributed by atoms with Crippen molar-refractivity contribution in [1.82, 2.24) is 20.0 Å². The lowest BCUT2D eigenvalue weighted by Gasteiger charge is -2.32. The van der Waals surface area contributed by atoms with Crippen LogP contribution >= 0.6 is 0 Å². The van der Waals surface area contributed by atoms with Crippen LogP contribution in [0.2, 0.25) is 0 Å². The lowest BCUT2D eigenvalue weighted by molar-refractivity contribution is -0.132. The van der Waals surface area contributed by atoms with Crippen LogP contribution in [0.1, 0.15) is 12.5 Å². The Labute approximate surface area is 210 Å². The molecule has 2 fully saturated rings. The number of hydrogen-bond acceptors (Lipinski definition) is 6. The summed E-state index contributed by atoms with van der Waals surface area (Å²) >= 11 is 0. The zero-order valence-corrected chi connectivity index (χ0v) is 20.5. The number of carbonyl (C=O) groups excluding carboxylic acids is 2. The number of urea groups is 1. The normalized spacial score (nSPS) is 20.7. The molecule has 2 heterocycles. The van der Waals surface area contributed by atoms with E-state index >= 15 is 0 Å². The molecule has 2 aromatic carbocycles. The number of nitrogens with zero attached hydrogens (tertiary/aromatic N) is 3. The predicted octanol–water partition coefficient (Wildman–Crippen LogP) is 1.70. The molecular weight excluding hydrogens is 467 g/mol. The van der Waals surface area contributed by atoms with E-state index in [4.69, 9.17) is 9.47 Å². The quantitative estimate of drug-likeness (QED) is 0.545. The van der Waals surface area contributed by atoms with Gasteiger partial charge in [-0.15, -0.1) is 0 Å². The minimum absolute atomic E-state index is 0.0271. The second kappa shape index (κ2) is 11.6. The van der Waals surface area contributed by atoms with Crippen LogP contribution in [0, 0.1) is 5.82 Å². The maximum absolute atomic E-state index is 13.2. The highest BCUT2D eigenvalue weighted by atomic mass is 19.1. The summed E-state index contributed by atoms with van der Waals surface area (Å²) in [5.41, 5.74) is -0.249. The van der Waals surface area contributed by atoms with E-state index < -0.39 is 5.60 Å². The van der Waals surface area contributed by atoms with Gasteiger partial charge in [0.15, 0.2) is 0 Å². The number of carbonyl (C=O) groups is 2. The van der Waals surface area contributed by atoms with Gasteiger partial charge >= 0.3 is 6.03 Å². The molecule has 0 aliphatic carbocycles. The van der Waals surface area contributed by atoms with Crippen LogP contribution < -0.4 is 14.8 Å². The van der Waals surface area contributed by atoms with Gasteiger partial charge in [-0.1, -0.05) is 12.1 Å². The van der Waals surface area contributed by atoms with Gasteiger partial charge in [0, 0.05) is 46.2 Å². The molecule has 0 bridgehead atoms. The molecule has 36 heavy (non-hydrogen) atoms. The van der Waals surface area contributed by atoms with Crippen LogP contribution in [0.3, 0.4) is 0 Å². The first-order chi connectivity index (χ1) is 17.3. The van der Waals surface area contributed by atoms with Gasteiger partial charge in [0.1, 0.15) is 36.1 Å². The first-order valence-corrected chi connectivity index (χ1v) is 12.1. The van der Waals surface area contributed by atoms with Gasteiger partial charge < -0.3 is 29.7 Å². The van der Waals surface area contributed by atoms with Crippen LogP contribution in [0.5, 0.6) is 11.5 Å². The van der Waals surface area contributed by atoms with E-state index in [0.717, 1.165) is 11.3 Å². The number of halogens is 1. The third kappa shape index (κ3) is 7.08. The molecule has 2 N–H and O–H groups in total. The van der Waals surface area contributed by atoms with E-state index in [1.165, 1.54) is 31.2 Å². The van der Waals surface area contributed by atoms with Crippen molar-refractivity contribution in [2.75, 3.05) is 59.0 Å². The van der Waals surface area contributed by atoms with Crippen LogP contribution in [-0.2, 0) is 11.3 Å². The van der Waals surface area contributed by atoms with Crippen molar-refractivity contribution in [1.29, 1.82) is 0 Å². The van der Waals surface area contributed by atoms with E-state index in [2.05, 4.69) is 10.2 Å². The number of aliphatic hydroxyl groups is 1. The first kappa shape index (κ1) is 25.7. The molecule has 0 spiro atoms. The van der Waals surface area contributed by atoms with E-state index in [0.29, 0.717) is 58.2 Å². The highest BCUT2D eigenvalue weighted by Gasteiger charge is 2.37. The van der Waals surface area contributed by atoms with Crippen LogP contribution in [0.15, 0.2) is 48.5 Å². The van der Waals surface area contributed by atoms with E-state index in [-0.39, 0.29) is 30.9 Å². The third-order valence-corrected chi connectivity index (χ3v) is 6.36. The van der Waals surface area contributed by atoms with Crippen molar-refractivity contribution in [3.8, 4) is 11.5 Å². The molecular formula is C26H33FN4O5. The summed E-state index contributed by atoms with van der Waals surface area (Å²) in [6.07, 6.45) is 0. The first-order valence-electron chi connectivity index (χ1n) is 12.1. The molecule has 2 saturated heterocycles. The molecule has 1 unspecified atom stereocenters. The lowest BCUT2D eigenvalue weighted by Crippen LogP contribution is -2.51. The molecule has 1 atom stereocenters. The Morgan fingerprint density at radius 1 is 1.03 bits per heavy atom. The molecule has 0 saturated carbocycles. The summed E-state index contributed by atoms with van der Waals surface area (Å²) in [6, 6.07) is 13.3. The average molecular weight is 501 g/mol. The number of hydrogen-bond donors (Lipinski definition) is 2. The molecule has 10 heteroatoms. The summed E-state index contributed by atoms with van der Waals surface area (Å²) in [6.45, 7) is 5.93. The topological polar surface area (TPSA) is 94.6 Å². The summed E-state index contributed by atoms with van der Waals surface area (Å²) in [5, 5.41) is 14.2. The van der Waals surface area contributed by atoms with Gasteiger partial charge in [-0.2, -0.15) is 0 Å². The Hall–Kier alpha value is -3.37. The van der Waals surface area contributed by atoms with Gasteiger partial charge in [0.2, 0.25) is 5.91 Å². The fraction of sp³-hybridized carbons (Fsp3) is 0.462. The fourth-order valence-electron chi connectivity index (χ4n) is 4.43. The summed E-state index contributed by atoms with van der Waals surface area (Å²) in [4.78, 5) is 29.2. The molecule has 4 rings (SSSR count). The number of nitrogens with one attached hydrogen (secondary N) is 1. The minimum atomic E-state index is -1.29. The highest BCUT2D eigenvalue weighted by molar-refractivity contribution is 5.76. The monoisotopic (exact) mass is 500 g/mol. The largest absolute Gasteiger partial charge is 0.492 e. The summed E-state index contributed by atoms with van der Waals surface area (Å²) in [5.74, 6) is 0.710. The molecule has 194 valence electrons. The minimum Gasteiger partial charge on any atom is -0.492 e. The van der Waals surface area contributed by atoms with Crippen molar-refractivity contribution in [2.45, 2.75) is 19.1 Å². The second-order valence-corrected chi connectivity index (χ2v) is 9.33. The molecule has 2 aromatic rings. The summed E-state index contributed by atoms with van der Waals surface area (Å²) < 4.78 is 24.7. The molecule has 9 nitrogen and oxygen atoms in total. The smallest absolute Gasteiger partial charge is 0.317 e. The number of rotatable bonds is 9. The maximum atomic E-state index is 13.2. The third-order valence-electron chi connectivity index (χ3n) is 6.36. The zero-order chi connectivity index (χ0) is 25.5. The SMILES string of the molecule is CC(=O)N1CCN(Cc2ccc(OCCN3CCNC3=O)cc2)CC(O)(COc2ccc(F)cc2)C1. The van der Waals surface area contributed by atoms with Crippen LogP contribution in [0.25, 0.3) is 0 Å². The van der Waals surface area contributed by atoms with Gasteiger partial charge in [0.05, 0.1) is 13.1 Å². The van der Waals surface area contributed by atoms with Gasteiger partial charge in [-0.05, 0) is 42.0 Å². The number of β-amino-alcohol motifs (C(OH)–C–C–N with tert-alkyl or cyclic N) is 1. The van der Waals surface area contributed by atoms with Gasteiger partial charge in [-0.25, -0.2) is 9.18 Å². The van der Waals surface area contributed by atoms with E-state index in [1.54, 1.807) is 9.80 Å². The molecule has 3 amide bonds. The molecule has 0 radical (unpaired) electrons. The Bertz CT molecular complexity index is 1040. The van der Waals surface area contributed by atoms with Crippen LogP contribution in [-0.4, -0.2) is 96.4 Å². The van der Waals surface area contributed by atoms with Crippen LogP contribution in [0.4, 0.5) is 9.18 Å². The highest BCUT2D eigenvalue weighted by Crippen LogP contribution is 2.21. The van der Waals surface area contributed by atoms with Gasteiger partial charge in [0.25, 0.3) is 0 Å². The number of ether oxygens (including phenoxy) is 2. The number of benzene rings is 2. The lowest BCUT2D eigenvalue weighted by atomic mass is 10.0. The zero-order valence-electron chi connectivity index (χ0n) is 20.5. The van der Waals surface area contributed by atoms with Crippen molar-refractivity contribution in [3.05, 3.63) is 59.9 Å². The van der Waals surface area contributed by atoms with Gasteiger partial charge in [-0.3, -0.25) is 9.69 Å². The van der Waals surface area contributed by atoms with Crippen molar-refractivity contribution in [2.24, 2.45) is 0 Å². The maximum Gasteiger partial charge on any atom is 0.317 e. The Morgan fingerprint density at radius 2 is 1.72 bits per heavy atom. The van der Waals surface area contributed by atoms with Crippen molar-refractivity contribution in [3.63, 3.8) is 0 Å². The fourth-order valence-corrected chi connectivity index (χ4v) is 4.43.